The zero-order valence-electron chi connectivity index (χ0n) is 9.83. The van der Waals surface area contributed by atoms with Crippen LogP contribution >= 0.6 is 15.9 Å². The van der Waals surface area contributed by atoms with E-state index >= 15 is 0 Å². The van der Waals surface area contributed by atoms with Crippen molar-refractivity contribution in [2.45, 2.75) is 13.3 Å². The van der Waals surface area contributed by atoms with Crippen molar-refractivity contribution in [2.75, 3.05) is 19.8 Å². The lowest BCUT2D eigenvalue weighted by Crippen LogP contribution is -2.17. The Labute approximate surface area is 110 Å². The second kappa shape index (κ2) is 5.56. The summed E-state index contributed by atoms with van der Waals surface area (Å²) in [6.45, 7) is 3.87. The molecule has 3 nitrogen and oxygen atoms in total. The first-order valence-electron chi connectivity index (χ1n) is 5.75. The van der Waals surface area contributed by atoms with Crippen LogP contribution in [0.15, 0.2) is 16.6 Å². The topological polar surface area (TPSA) is 44.5 Å². The standard InChI is InChI=1S/C13H16BrNO2/c1-2-9-10(4-3-5-15)11(14)8-12-13(9)17-7-6-16-12/h3-4,8H,2,5-7,15H2,1H3/b4-3+. The molecule has 0 unspecified atom stereocenters. The molecule has 0 saturated carbocycles. The van der Waals surface area contributed by atoms with Crippen LogP contribution in [0, 0.1) is 0 Å². The van der Waals surface area contributed by atoms with E-state index < -0.39 is 0 Å². The van der Waals surface area contributed by atoms with Crippen molar-refractivity contribution in [3.8, 4) is 11.5 Å². The number of fused-ring (bicyclic) bond motifs is 1. The Balaban J connectivity index is 2.54. The van der Waals surface area contributed by atoms with Gasteiger partial charge in [-0.2, -0.15) is 0 Å². The summed E-state index contributed by atoms with van der Waals surface area (Å²) in [7, 11) is 0. The molecule has 1 aliphatic rings. The number of halogens is 1. The van der Waals surface area contributed by atoms with Gasteiger partial charge in [0, 0.05) is 16.6 Å². The summed E-state index contributed by atoms with van der Waals surface area (Å²) in [4.78, 5) is 0. The largest absolute Gasteiger partial charge is 0.486 e. The van der Waals surface area contributed by atoms with Crippen molar-refractivity contribution in [3.05, 3.63) is 27.7 Å². The molecule has 0 bridgehead atoms. The molecule has 0 aromatic heterocycles. The van der Waals surface area contributed by atoms with Gasteiger partial charge < -0.3 is 15.2 Å². The summed E-state index contributed by atoms with van der Waals surface area (Å²) < 4.78 is 12.3. The minimum Gasteiger partial charge on any atom is -0.486 e. The zero-order valence-corrected chi connectivity index (χ0v) is 11.4. The first-order valence-corrected chi connectivity index (χ1v) is 6.54. The molecule has 4 heteroatoms. The second-order valence-electron chi connectivity index (χ2n) is 3.77. The summed E-state index contributed by atoms with van der Waals surface area (Å²) in [6.07, 6.45) is 4.87. The van der Waals surface area contributed by atoms with Crippen LogP contribution in [-0.2, 0) is 6.42 Å². The predicted octanol–water partition coefficient (Wildman–Crippen LogP) is 2.75. The van der Waals surface area contributed by atoms with Crippen LogP contribution in [0.4, 0.5) is 0 Å². The van der Waals surface area contributed by atoms with Crippen molar-refractivity contribution in [2.24, 2.45) is 5.73 Å². The molecule has 0 fully saturated rings. The molecule has 1 heterocycles. The fourth-order valence-electron chi connectivity index (χ4n) is 1.95. The fourth-order valence-corrected chi connectivity index (χ4v) is 2.53. The fraction of sp³-hybridized carbons (Fsp3) is 0.385. The van der Waals surface area contributed by atoms with Crippen LogP contribution < -0.4 is 15.2 Å². The van der Waals surface area contributed by atoms with Crippen LogP contribution in [0.3, 0.4) is 0 Å². The van der Waals surface area contributed by atoms with Gasteiger partial charge in [-0.05, 0) is 18.1 Å². The minimum atomic E-state index is 0.532. The van der Waals surface area contributed by atoms with Crippen molar-refractivity contribution >= 4 is 22.0 Å². The van der Waals surface area contributed by atoms with Crippen LogP contribution in [0.2, 0.25) is 0 Å². The van der Waals surface area contributed by atoms with Crippen molar-refractivity contribution < 1.29 is 9.47 Å². The van der Waals surface area contributed by atoms with Crippen molar-refractivity contribution in [1.82, 2.24) is 0 Å². The van der Waals surface area contributed by atoms with Gasteiger partial charge in [0.2, 0.25) is 0 Å². The molecule has 17 heavy (non-hydrogen) atoms. The number of hydrogen-bond donors (Lipinski definition) is 1. The maximum absolute atomic E-state index is 5.71. The molecule has 0 spiro atoms. The molecule has 0 aliphatic carbocycles. The maximum Gasteiger partial charge on any atom is 0.165 e. The molecule has 1 aromatic rings. The second-order valence-corrected chi connectivity index (χ2v) is 4.62. The molecular weight excluding hydrogens is 282 g/mol. The van der Waals surface area contributed by atoms with E-state index in [4.69, 9.17) is 15.2 Å². The lowest BCUT2D eigenvalue weighted by molar-refractivity contribution is 0.170. The molecule has 0 saturated heterocycles. The minimum absolute atomic E-state index is 0.532. The van der Waals surface area contributed by atoms with Gasteiger partial charge in [0.1, 0.15) is 13.2 Å². The molecular formula is C13H16BrNO2. The first kappa shape index (κ1) is 12.5. The predicted molar refractivity (Wildman–Crippen MR) is 72.6 cm³/mol. The highest BCUT2D eigenvalue weighted by Crippen LogP contribution is 2.40. The Bertz CT molecular complexity index is 444. The van der Waals surface area contributed by atoms with Gasteiger partial charge in [0.25, 0.3) is 0 Å². The molecule has 92 valence electrons. The average molecular weight is 298 g/mol. The molecule has 2 rings (SSSR count). The normalized spacial score (nSPS) is 14.3. The summed E-state index contributed by atoms with van der Waals surface area (Å²) in [5.74, 6) is 1.70. The molecule has 0 atom stereocenters. The third-order valence-corrected chi connectivity index (χ3v) is 3.36. The van der Waals surface area contributed by atoms with E-state index in [1.54, 1.807) is 0 Å². The van der Waals surface area contributed by atoms with Gasteiger partial charge >= 0.3 is 0 Å². The highest BCUT2D eigenvalue weighted by atomic mass is 79.9. The quantitative estimate of drug-likeness (QED) is 0.933. The van der Waals surface area contributed by atoms with Crippen LogP contribution in [0.25, 0.3) is 6.08 Å². The molecule has 1 aliphatic heterocycles. The van der Waals surface area contributed by atoms with E-state index in [-0.39, 0.29) is 0 Å². The van der Waals surface area contributed by atoms with Gasteiger partial charge in [0.15, 0.2) is 11.5 Å². The van der Waals surface area contributed by atoms with Crippen LogP contribution in [-0.4, -0.2) is 19.8 Å². The smallest absolute Gasteiger partial charge is 0.165 e. The Morgan fingerprint density at radius 1 is 1.41 bits per heavy atom. The van der Waals surface area contributed by atoms with Crippen LogP contribution in [0.5, 0.6) is 11.5 Å². The number of nitrogens with two attached hydrogens (primary N) is 1. The van der Waals surface area contributed by atoms with E-state index in [1.165, 1.54) is 5.56 Å². The van der Waals surface area contributed by atoms with E-state index in [0.717, 1.165) is 28.0 Å². The van der Waals surface area contributed by atoms with Crippen molar-refractivity contribution in [3.63, 3.8) is 0 Å². The lowest BCUT2D eigenvalue weighted by atomic mass is 10.0. The summed E-state index contributed by atoms with van der Waals surface area (Å²) in [6, 6.07) is 1.96. The number of benzene rings is 1. The van der Waals surface area contributed by atoms with Crippen molar-refractivity contribution in [1.29, 1.82) is 0 Å². The first-order chi connectivity index (χ1) is 8.27. The van der Waals surface area contributed by atoms with E-state index in [0.29, 0.717) is 19.8 Å². The zero-order chi connectivity index (χ0) is 12.3. The van der Waals surface area contributed by atoms with E-state index in [9.17, 15) is 0 Å². The summed E-state index contributed by atoms with van der Waals surface area (Å²) in [5.41, 5.74) is 7.79. The number of rotatable bonds is 3. The highest BCUT2D eigenvalue weighted by molar-refractivity contribution is 9.10. The Hall–Kier alpha value is -1.00. The summed E-state index contributed by atoms with van der Waals surface area (Å²) >= 11 is 3.57. The summed E-state index contributed by atoms with van der Waals surface area (Å²) in [5, 5.41) is 0. The molecule has 0 radical (unpaired) electrons. The van der Waals surface area contributed by atoms with Gasteiger partial charge in [-0.1, -0.05) is 35.0 Å². The van der Waals surface area contributed by atoms with Gasteiger partial charge in [-0.3, -0.25) is 0 Å². The third kappa shape index (κ3) is 2.48. The average Bonchev–Trinajstić information content (AvgIpc) is 2.35. The van der Waals surface area contributed by atoms with Crippen LogP contribution in [0.1, 0.15) is 18.1 Å². The van der Waals surface area contributed by atoms with Gasteiger partial charge in [-0.15, -0.1) is 0 Å². The Morgan fingerprint density at radius 3 is 2.88 bits per heavy atom. The number of hydrogen-bond acceptors (Lipinski definition) is 3. The third-order valence-electron chi connectivity index (χ3n) is 2.70. The Morgan fingerprint density at radius 2 is 2.18 bits per heavy atom. The van der Waals surface area contributed by atoms with Gasteiger partial charge in [-0.25, -0.2) is 0 Å². The van der Waals surface area contributed by atoms with Gasteiger partial charge in [0.05, 0.1) is 0 Å². The van der Waals surface area contributed by atoms with E-state index in [1.807, 2.05) is 18.2 Å². The molecule has 0 amide bonds. The maximum atomic E-state index is 5.71. The highest BCUT2D eigenvalue weighted by Gasteiger charge is 2.19. The lowest BCUT2D eigenvalue weighted by Gasteiger charge is -2.23. The Kier molecular flexibility index (Phi) is 4.07. The molecule has 1 aromatic carbocycles. The SMILES string of the molecule is CCc1c(/C=C/CN)c(Br)cc2c1OCCO2. The molecule has 2 N–H and O–H groups in total. The monoisotopic (exact) mass is 297 g/mol. The van der Waals surface area contributed by atoms with E-state index in [2.05, 4.69) is 22.9 Å². The number of ether oxygens (including phenoxy) is 2.